The van der Waals surface area contributed by atoms with Crippen LogP contribution in [0.1, 0.15) is 36.0 Å². The summed E-state index contributed by atoms with van der Waals surface area (Å²) in [4.78, 5) is 25.0. The van der Waals surface area contributed by atoms with Gasteiger partial charge in [0.05, 0.1) is 12.7 Å². The molecule has 4 rings (SSSR count). The summed E-state index contributed by atoms with van der Waals surface area (Å²) in [6.07, 6.45) is 9.22. The zero-order chi connectivity index (χ0) is 17.9. The number of anilines is 2. The molecule has 0 aromatic carbocycles. The summed E-state index contributed by atoms with van der Waals surface area (Å²) >= 11 is 0. The lowest BCUT2D eigenvalue weighted by Gasteiger charge is -2.23. The van der Waals surface area contributed by atoms with Crippen LogP contribution >= 0.6 is 0 Å². The molecule has 3 aromatic rings. The third-order valence-electron chi connectivity index (χ3n) is 4.38. The normalized spacial score (nSPS) is 16.0. The van der Waals surface area contributed by atoms with Crippen LogP contribution in [0.3, 0.4) is 0 Å². The van der Waals surface area contributed by atoms with E-state index in [4.69, 9.17) is 0 Å². The molecule has 1 aliphatic rings. The molecule has 0 fully saturated rings. The topological polar surface area (TPSA) is 97.6 Å². The Morgan fingerprint density at radius 3 is 2.73 bits per heavy atom. The molecule has 0 spiro atoms. The SMILES string of the molecule is CCNc1ncc([C@@H]2CC(=O)Nc3c2cnn3Cc2ccncc2)cn1. The van der Waals surface area contributed by atoms with Gasteiger partial charge in [0.2, 0.25) is 11.9 Å². The van der Waals surface area contributed by atoms with Crippen molar-refractivity contribution in [3.05, 3.63) is 59.8 Å². The summed E-state index contributed by atoms with van der Waals surface area (Å²) in [5.74, 6) is 1.19. The Morgan fingerprint density at radius 1 is 1.23 bits per heavy atom. The van der Waals surface area contributed by atoms with Gasteiger partial charge in [-0.1, -0.05) is 0 Å². The molecule has 0 bridgehead atoms. The molecule has 3 aromatic heterocycles. The highest BCUT2D eigenvalue weighted by atomic mass is 16.1. The average Bonchev–Trinajstić information content (AvgIpc) is 3.05. The fourth-order valence-electron chi connectivity index (χ4n) is 3.12. The standard InChI is InChI=1S/C18H19N7O/c1-2-20-18-21-8-13(9-22-18)14-7-16(26)24-17-15(14)10-23-25(17)11-12-3-5-19-6-4-12/h3-6,8-10,14H,2,7,11H2,1H3,(H,24,26)(H,20,21,22)/t14-/m0/s1. The zero-order valence-electron chi connectivity index (χ0n) is 14.4. The third kappa shape index (κ3) is 3.13. The third-order valence-corrected chi connectivity index (χ3v) is 4.38. The molecule has 0 aliphatic carbocycles. The van der Waals surface area contributed by atoms with Crippen molar-refractivity contribution in [2.24, 2.45) is 0 Å². The van der Waals surface area contributed by atoms with Crippen LogP contribution in [0.4, 0.5) is 11.8 Å². The van der Waals surface area contributed by atoms with Gasteiger partial charge in [-0.25, -0.2) is 14.6 Å². The molecule has 0 radical (unpaired) electrons. The number of hydrogen-bond acceptors (Lipinski definition) is 6. The van der Waals surface area contributed by atoms with Crippen LogP contribution in [0.2, 0.25) is 0 Å². The number of carbonyl (C=O) groups is 1. The lowest BCUT2D eigenvalue weighted by Crippen LogP contribution is -2.25. The summed E-state index contributed by atoms with van der Waals surface area (Å²) in [6.45, 7) is 3.32. The van der Waals surface area contributed by atoms with Crippen LogP contribution in [0, 0.1) is 0 Å². The monoisotopic (exact) mass is 349 g/mol. The molecule has 4 heterocycles. The molecule has 1 aliphatic heterocycles. The quantitative estimate of drug-likeness (QED) is 0.731. The maximum absolute atomic E-state index is 12.3. The number of rotatable bonds is 5. The minimum atomic E-state index is -0.0967. The van der Waals surface area contributed by atoms with E-state index in [0.717, 1.165) is 29.1 Å². The van der Waals surface area contributed by atoms with E-state index in [0.29, 0.717) is 18.9 Å². The Hall–Kier alpha value is -3.29. The van der Waals surface area contributed by atoms with Crippen molar-refractivity contribution in [3.63, 3.8) is 0 Å². The number of pyridine rings is 1. The molecule has 8 nitrogen and oxygen atoms in total. The first kappa shape index (κ1) is 16.2. The molecule has 8 heteroatoms. The largest absolute Gasteiger partial charge is 0.355 e. The van der Waals surface area contributed by atoms with Gasteiger partial charge in [-0.2, -0.15) is 5.10 Å². The van der Waals surface area contributed by atoms with Gasteiger partial charge in [0.15, 0.2) is 0 Å². The van der Waals surface area contributed by atoms with Crippen molar-refractivity contribution in [2.75, 3.05) is 17.2 Å². The maximum atomic E-state index is 12.3. The van der Waals surface area contributed by atoms with Gasteiger partial charge in [-0.15, -0.1) is 0 Å². The first-order valence-electron chi connectivity index (χ1n) is 8.55. The maximum Gasteiger partial charge on any atom is 0.226 e. The predicted molar refractivity (Wildman–Crippen MR) is 96.9 cm³/mol. The van der Waals surface area contributed by atoms with Gasteiger partial charge in [-0.3, -0.25) is 9.78 Å². The molecular weight excluding hydrogens is 330 g/mol. The number of carbonyl (C=O) groups excluding carboxylic acids is 1. The highest BCUT2D eigenvalue weighted by molar-refractivity contribution is 5.94. The van der Waals surface area contributed by atoms with E-state index >= 15 is 0 Å². The van der Waals surface area contributed by atoms with Crippen molar-refractivity contribution >= 4 is 17.7 Å². The number of amides is 1. The van der Waals surface area contributed by atoms with Crippen LogP contribution in [-0.2, 0) is 11.3 Å². The van der Waals surface area contributed by atoms with Crippen LogP contribution in [0.5, 0.6) is 0 Å². The van der Waals surface area contributed by atoms with E-state index in [1.807, 2.05) is 29.9 Å². The highest BCUT2D eigenvalue weighted by Gasteiger charge is 2.30. The van der Waals surface area contributed by atoms with Crippen molar-refractivity contribution in [1.82, 2.24) is 24.7 Å². The van der Waals surface area contributed by atoms with Gasteiger partial charge in [0.25, 0.3) is 0 Å². The summed E-state index contributed by atoms with van der Waals surface area (Å²) in [5.41, 5.74) is 2.96. The predicted octanol–water partition coefficient (Wildman–Crippen LogP) is 2.02. The second kappa shape index (κ2) is 6.91. The summed E-state index contributed by atoms with van der Waals surface area (Å²) < 4.78 is 1.81. The number of fused-ring (bicyclic) bond motifs is 1. The first-order chi connectivity index (χ1) is 12.7. The molecule has 1 atom stereocenters. The fourth-order valence-corrected chi connectivity index (χ4v) is 3.12. The fraction of sp³-hybridized carbons (Fsp3) is 0.278. The summed E-state index contributed by atoms with van der Waals surface area (Å²) in [5, 5.41) is 10.5. The Morgan fingerprint density at radius 2 is 2.00 bits per heavy atom. The van der Waals surface area contributed by atoms with Crippen molar-refractivity contribution in [2.45, 2.75) is 25.8 Å². The molecule has 1 amide bonds. The van der Waals surface area contributed by atoms with E-state index in [1.54, 1.807) is 24.8 Å². The van der Waals surface area contributed by atoms with Crippen molar-refractivity contribution < 1.29 is 4.79 Å². The Balaban J connectivity index is 1.65. The molecule has 0 unspecified atom stereocenters. The van der Waals surface area contributed by atoms with Gasteiger partial charge < -0.3 is 10.6 Å². The molecular formula is C18H19N7O. The smallest absolute Gasteiger partial charge is 0.226 e. The number of nitrogens with one attached hydrogen (secondary N) is 2. The van der Waals surface area contributed by atoms with Gasteiger partial charge in [0, 0.05) is 49.2 Å². The second-order valence-corrected chi connectivity index (χ2v) is 6.14. The van der Waals surface area contributed by atoms with Crippen LogP contribution in [0.25, 0.3) is 0 Å². The molecule has 0 saturated heterocycles. The second-order valence-electron chi connectivity index (χ2n) is 6.14. The minimum Gasteiger partial charge on any atom is -0.355 e. The van der Waals surface area contributed by atoms with Crippen molar-refractivity contribution in [1.29, 1.82) is 0 Å². The summed E-state index contributed by atoms with van der Waals surface area (Å²) in [6, 6.07) is 3.87. The van der Waals surface area contributed by atoms with Crippen LogP contribution in [0.15, 0.2) is 43.1 Å². The van der Waals surface area contributed by atoms with Gasteiger partial charge in [-0.05, 0) is 30.2 Å². The molecule has 2 N–H and O–H groups in total. The summed E-state index contributed by atoms with van der Waals surface area (Å²) in [7, 11) is 0. The number of nitrogens with zero attached hydrogens (tertiary/aromatic N) is 5. The van der Waals surface area contributed by atoms with Gasteiger partial charge >= 0.3 is 0 Å². The zero-order valence-corrected chi connectivity index (χ0v) is 14.4. The first-order valence-corrected chi connectivity index (χ1v) is 8.55. The highest BCUT2D eigenvalue weighted by Crippen LogP contribution is 2.36. The average molecular weight is 349 g/mol. The van der Waals surface area contributed by atoms with Crippen molar-refractivity contribution in [3.8, 4) is 0 Å². The van der Waals surface area contributed by atoms with Crippen LogP contribution in [-0.4, -0.2) is 37.2 Å². The minimum absolute atomic E-state index is 0.0326. The lowest BCUT2D eigenvalue weighted by atomic mass is 9.89. The molecule has 132 valence electrons. The van der Waals surface area contributed by atoms with Crippen LogP contribution < -0.4 is 10.6 Å². The Bertz CT molecular complexity index is 905. The van der Waals surface area contributed by atoms with E-state index in [1.165, 1.54) is 0 Å². The molecule has 0 saturated carbocycles. The number of hydrogen-bond donors (Lipinski definition) is 2. The van der Waals surface area contributed by atoms with E-state index in [2.05, 4.69) is 30.7 Å². The van der Waals surface area contributed by atoms with Gasteiger partial charge in [0.1, 0.15) is 5.82 Å². The lowest BCUT2D eigenvalue weighted by molar-refractivity contribution is -0.116. The van der Waals surface area contributed by atoms with E-state index < -0.39 is 0 Å². The Labute approximate surface area is 150 Å². The van der Waals surface area contributed by atoms with E-state index in [-0.39, 0.29) is 11.8 Å². The number of aromatic nitrogens is 5. The molecule has 26 heavy (non-hydrogen) atoms. The van der Waals surface area contributed by atoms with E-state index in [9.17, 15) is 4.79 Å². The Kier molecular flexibility index (Phi) is 4.30.